The predicted octanol–water partition coefficient (Wildman–Crippen LogP) is 0.00590. The normalized spacial score (nSPS) is 10.9. The molecular formula is C8H21N3. The molecule has 11 heavy (non-hydrogen) atoms. The van der Waals surface area contributed by atoms with E-state index in [9.17, 15) is 0 Å². The molecule has 68 valence electrons. The molecule has 0 fully saturated rings. The minimum Gasteiger partial charge on any atom is -0.330 e. The molecule has 0 aliphatic rings. The van der Waals surface area contributed by atoms with E-state index in [-0.39, 0.29) is 0 Å². The average molecular weight is 159 g/mol. The van der Waals surface area contributed by atoms with Gasteiger partial charge in [0.25, 0.3) is 0 Å². The van der Waals surface area contributed by atoms with E-state index >= 15 is 0 Å². The zero-order valence-corrected chi connectivity index (χ0v) is 7.55. The van der Waals surface area contributed by atoms with Crippen molar-refractivity contribution in [1.29, 1.82) is 0 Å². The molecule has 4 N–H and O–H groups in total. The smallest absolute Gasteiger partial charge is 0.0105 e. The second-order valence-corrected chi connectivity index (χ2v) is 2.77. The predicted molar refractivity (Wildman–Crippen MR) is 49.5 cm³/mol. The Labute approximate surface area is 69.7 Å². The molecule has 0 aliphatic carbocycles. The van der Waals surface area contributed by atoms with Gasteiger partial charge in [0.1, 0.15) is 0 Å². The number of hydrogen-bond acceptors (Lipinski definition) is 3. The van der Waals surface area contributed by atoms with Gasteiger partial charge in [0, 0.05) is 13.1 Å². The molecule has 0 spiro atoms. The topological polar surface area (TPSA) is 55.3 Å². The van der Waals surface area contributed by atoms with Crippen molar-refractivity contribution >= 4 is 0 Å². The van der Waals surface area contributed by atoms with Crippen LogP contribution < -0.4 is 11.5 Å². The van der Waals surface area contributed by atoms with Crippen LogP contribution in [0.4, 0.5) is 0 Å². The Balaban J connectivity index is 3.34. The molecule has 0 aromatic heterocycles. The van der Waals surface area contributed by atoms with Crippen molar-refractivity contribution < 1.29 is 0 Å². The van der Waals surface area contributed by atoms with Crippen molar-refractivity contribution in [2.24, 2.45) is 11.5 Å². The van der Waals surface area contributed by atoms with Gasteiger partial charge in [0.15, 0.2) is 0 Å². The fourth-order valence-corrected chi connectivity index (χ4v) is 1.15. The highest BCUT2D eigenvalue weighted by molar-refractivity contribution is 4.57. The molecule has 0 saturated carbocycles. The Kier molecular flexibility index (Phi) is 7.89. The van der Waals surface area contributed by atoms with Gasteiger partial charge in [-0.05, 0) is 32.5 Å². The SMILES string of the molecule is CCCN(CCN)CCCN. The molecule has 0 aromatic carbocycles. The highest BCUT2D eigenvalue weighted by atomic mass is 15.1. The maximum absolute atomic E-state index is 5.46. The summed E-state index contributed by atoms with van der Waals surface area (Å²) < 4.78 is 0. The molecule has 0 saturated heterocycles. The van der Waals surface area contributed by atoms with E-state index in [1.54, 1.807) is 0 Å². The summed E-state index contributed by atoms with van der Waals surface area (Å²) in [6.07, 6.45) is 2.28. The lowest BCUT2D eigenvalue weighted by Gasteiger charge is -2.19. The molecule has 0 unspecified atom stereocenters. The van der Waals surface area contributed by atoms with Gasteiger partial charge >= 0.3 is 0 Å². The van der Waals surface area contributed by atoms with Crippen LogP contribution in [0.3, 0.4) is 0 Å². The van der Waals surface area contributed by atoms with Gasteiger partial charge in [0.05, 0.1) is 0 Å². The van der Waals surface area contributed by atoms with Crippen molar-refractivity contribution in [2.75, 3.05) is 32.7 Å². The molecule has 0 amide bonds. The number of hydrogen-bond donors (Lipinski definition) is 2. The molecule has 0 aliphatic heterocycles. The minimum absolute atomic E-state index is 0.755. The van der Waals surface area contributed by atoms with Crippen LogP contribution in [0.5, 0.6) is 0 Å². The Hall–Kier alpha value is -0.120. The van der Waals surface area contributed by atoms with E-state index in [1.807, 2.05) is 0 Å². The number of nitrogens with zero attached hydrogens (tertiary/aromatic N) is 1. The zero-order chi connectivity index (χ0) is 8.53. The summed E-state index contributed by atoms with van der Waals surface area (Å²) in [5, 5.41) is 0. The van der Waals surface area contributed by atoms with Gasteiger partial charge < -0.3 is 16.4 Å². The van der Waals surface area contributed by atoms with Gasteiger partial charge in [-0.1, -0.05) is 6.92 Å². The first-order chi connectivity index (χ1) is 5.35. The second kappa shape index (κ2) is 7.98. The maximum Gasteiger partial charge on any atom is 0.0105 e. The highest BCUT2D eigenvalue weighted by Gasteiger charge is 1.99. The third kappa shape index (κ3) is 6.28. The summed E-state index contributed by atoms with van der Waals surface area (Å²) in [5.74, 6) is 0. The first-order valence-electron chi connectivity index (χ1n) is 4.47. The van der Waals surface area contributed by atoms with Crippen LogP contribution in [0.15, 0.2) is 0 Å². The van der Waals surface area contributed by atoms with E-state index in [0.717, 1.165) is 39.1 Å². The Morgan fingerprint density at radius 1 is 1.00 bits per heavy atom. The lowest BCUT2D eigenvalue weighted by atomic mass is 10.3. The van der Waals surface area contributed by atoms with Gasteiger partial charge in [-0.15, -0.1) is 0 Å². The van der Waals surface area contributed by atoms with Crippen LogP contribution in [0.2, 0.25) is 0 Å². The standard InChI is InChI=1S/C8H21N3/c1-2-6-11(8-5-10)7-3-4-9/h2-10H2,1H3. The molecule has 3 heteroatoms. The lowest BCUT2D eigenvalue weighted by Crippen LogP contribution is -2.32. The van der Waals surface area contributed by atoms with Gasteiger partial charge in [0.2, 0.25) is 0 Å². The van der Waals surface area contributed by atoms with E-state index in [1.165, 1.54) is 6.42 Å². The molecule has 0 rings (SSSR count). The number of rotatable bonds is 7. The molecule has 0 radical (unpaired) electrons. The summed E-state index contributed by atoms with van der Waals surface area (Å²) >= 11 is 0. The third-order valence-corrected chi connectivity index (χ3v) is 1.66. The van der Waals surface area contributed by atoms with Crippen LogP contribution in [0, 0.1) is 0 Å². The second-order valence-electron chi connectivity index (χ2n) is 2.77. The summed E-state index contributed by atoms with van der Waals surface area (Å²) in [4.78, 5) is 2.37. The van der Waals surface area contributed by atoms with Crippen molar-refractivity contribution in [1.82, 2.24) is 4.90 Å². The largest absolute Gasteiger partial charge is 0.330 e. The molecule has 0 bridgehead atoms. The fraction of sp³-hybridized carbons (Fsp3) is 1.00. The van der Waals surface area contributed by atoms with Crippen molar-refractivity contribution in [2.45, 2.75) is 19.8 Å². The molecule has 0 heterocycles. The fourth-order valence-electron chi connectivity index (χ4n) is 1.15. The molecule has 3 nitrogen and oxygen atoms in total. The van der Waals surface area contributed by atoms with Crippen LogP contribution in [0.1, 0.15) is 19.8 Å². The Bertz CT molecular complexity index is 69.7. The maximum atomic E-state index is 5.46. The lowest BCUT2D eigenvalue weighted by molar-refractivity contribution is 0.280. The first-order valence-corrected chi connectivity index (χ1v) is 4.47. The van der Waals surface area contributed by atoms with E-state index < -0.39 is 0 Å². The number of nitrogens with two attached hydrogens (primary N) is 2. The van der Waals surface area contributed by atoms with Crippen molar-refractivity contribution in [3.63, 3.8) is 0 Å². The van der Waals surface area contributed by atoms with Crippen LogP contribution >= 0.6 is 0 Å². The van der Waals surface area contributed by atoms with Crippen LogP contribution in [0.25, 0.3) is 0 Å². The van der Waals surface area contributed by atoms with Gasteiger partial charge in [-0.3, -0.25) is 0 Å². The van der Waals surface area contributed by atoms with Gasteiger partial charge in [-0.2, -0.15) is 0 Å². The zero-order valence-electron chi connectivity index (χ0n) is 7.55. The Morgan fingerprint density at radius 2 is 1.73 bits per heavy atom. The van der Waals surface area contributed by atoms with Crippen LogP contribution in [-0.2, 0) is 0 Å². The van der Waals surface area contributed by atoms with E-state index in [2.05, 4.69) is 11.8 Å². The molecule has 0 aromatic rings. The summed E-state index contributed by atoms with van der Waals surface area (Å²) in [7, 11) is 0. The van der Waals surface area contributed by atoms with E-state index in [4.69, 9.17) is 11.5 Å². The average Bonchev–Trinajstić information content (AvgIpc) is 2.01. The van der Waals surface area contributed by atoms with Crippen LogP contribution in [-0.4, -0.2) is 37.6 Å². The first kappa shape index (κ1) is 10.9. The van der Waals surface area contributed by atoms with Crippen molar-refractivity contribution in [3.8, 4) is 0 Å². The summed E-state index contributed by atoms with van der Waals surface area (Å²) in [6.45, 7) is 6.98. The van der Waals surface area contributed by atoms with Crippen molar-refractivity contribution in [3.05, 3.63) is 0 Å². The summed E-state index contributed by atoms with van der Waals surface area (Å²) in [6, 6.07) is 0. The van der Waals surface area contributed by atoms with E-state index in [0.29, 0.717) is 0 Å². The quantitative estimate of drug-likeness (QED) is 0.550. The molecular weight excluding hydrogens is 138 g/mol. The molecule has 0 atom stereocenters. The third-order valence-electron chi connectivity index (χ3n) is 1.66. The highest BCUT2D eigenvalue weighted by Crippen LogP contribution is 1.91. The van der Waals surface area contributed by atoms with Gasteiger partial charge in [-0.25, -0.2) is 0 Å². The minimum atomic E-state index is 0.755. The monoisotopic (exact) mass is 159 g/mol. The summed E-state index contributed by atoms with van der Waals surface area (Å²) in [5.41, 5.74) is 10.9. The Morgan fingerprint density at radius 3 is 2.18 bits per heavy atom.